The van der Waals surface area contributed by atoms with E-state index >= 15 is 0 Å². The number of β-amino-alcohol motifs (C(OH)–C–C–N with tert-alkyl or cyclic N) is 1. The van der Waals surface area contributed by atoms with Crippen LogP contribution >= 0.6 is 0 Å². The van der Waals surface area contributed by atoms with Crippen molar-refractivity contribution in [2.24, 2.45) is 0 Å². The molecule has 9 heteroatoms. The normalized spacial score (nSPS) is 20.0. The molecule has 7 rings (SSSR count). The van der Waals surface area contributed by atoms with Gasteiger partial charge in [-0.25, -0.2) is 14.4 Å². The lowest BCUT2D eigenvalue weighted by atomic mass is 9.97. The minimum absolute atomic E-state index is 0.149. The van der Waals surface area contributed by atoms with Crippen molar-refractivity contribution >= 4 is 28.7 Å². The molecule has 3 N–H and O–H groups in total. The van der Waals surface area contributed by atoms with E-state index in [4.69, 9.17) is 0 Å². The van der Waals surface area contributed by atoms with Gasteiger partial charge in [-0.15, -0.1) is 0 Å². The van der Waals surface area contributed by atoms with Crippen LogP contribution in [0.15, 0.2) is 55.0 Å². The van der Waals surface area contributed by atoms with E-state index in [1.54, 1.807) is 12.4 Å². The summed E-state index contributed by atoms with van der Waals surface area (Å²) in [6.45, 7) is 1.04. The van der Waals surface area contributed by atoms with Crippen LogP contribution in [0.2, 0.25) is 0 Å². The maximum Gasteiger partial charge on any atom is 0.254 e. The monoisotopic (exact) mass is 484 g/mol. The Labute approximate surface area is 206 Å². The zero-order valence-corrected chi connectivity index (χ0v) is 19.5. The largest absolute Gasteiger partial charge is 0.391 e. The van der Waals surface area contributed by atoms with Gasteiger partial charge in [0.1, 0.15) is 17.3 Å². The second-order valence-corrected chi connectivity index (χ2v) is 9.97. The lowest BCUT2D eigenvalue weighted by molar-refractivity contribution is 0.0966. The molecule has 1 saturated carbocycles. The van der Waals surface area contributed by atoms with Crippen LogP contribution in [-0.4, -0.2) is 43.6 Å². The molecule has 1 unspecified atom stereocenters. The minimum atomic E-state index is -0.344. The van der Waals surface area contributed by atoms with Gasteiger partial charge in [0.25, 0.3) is 5.91 Å². The van der Waals surface area contributed by atoms with E-state index in [1.165, 1.54) is 12.1 Å². The second-order valence-electron chi connectivity index (χ2n) is 9.97. The molecule has 1 aliphatic carbocycles. The summed E-state index contributed by atoms with van der Waals surface area (Å²) in [7, 11) is 0. The number of carbonyl (C=O) groups excluding carboxylic acids is 1. The number of hydrogen-bond acceptors (Lipinski definition) is 6. The predicted molar refractivity (Wildman–Crippen MR) is 134 cm³/mol. The standard InChI is InChI=1S/C27H25FN6O2/c28-16-6-10-33-22(14-30-24(33)11-16)19-2-3-21(25-20(19)13-31-26(25)36)32-23-4-1-17(12-29-23)34-15-18(35)5-7-27(34)8-9-27/h1-4,6,10-12,14,18,35H,5,7-9,13,15H2,(H,29,32)(H,31,36). The van der Waals surface area contributed by atoms with Crippen LogP contribution in [0, 0.1) is 5.82 Å². The van der Waals surface area contributed by atoms with Crippen LogP contribution in [0.4, 0.5) is 21.6 Å². The van der Waals surface area contributed by atoms with E-state index in [1.807, 2.05) is 34.9 Å². The number of piperidine rings is 1. The molecular weight excluding hydrogens is 459 g/mol. The summed E-state index contributed by atoms with van der Waals surface area (Å²) in [5.41, 5.74) is 5.50. The van der Waals surface area contributed by atoms with E-state index in [0.717, 1.165) is 48.2 Å². The zero-order valence-electron chi connectivity index (χ0n) is 19.5. The molecule has 36 heavy (non-hydrogen) atoms. The van der Waals surface area contributed by atoms with Crippen LogP contribution in [-0.2, 0) is 6.54 Å². The average molecular weight is 485 g/mol. The van der Waals surface area contributed by atoms with E-state index in [2.05, 4.69) is 25.5 Å². The third kappa shape index (κ3) is 3.34. The van der Waals surface area contributed by atoms with Gasteiger partial charge in [0.15, 0.2) is 0 Å². The highest BCUT2D eigenvalue weighted by Crippen LogP contribution is 2.50. The Morgan fingerprint density at radius 1 is 1.11 bits per heavy atom. The van der Waals surface area contributed by atoms with Gasteiger partial charge < -0.3 is 20.6 Å². The number of anilines is 3. The first-order valence-electron chi connectivity index (χ1n) is 12.3. The highest BCUT2D eigenvalue weighted by Gasteiger charge is 2.50. The zero-order chi connectivity index (χ0) is 24.4. The summed E-state index contributed by atoms with van der Waals surface area (Å²) in [4.78, 5) is 24.1. The molecule has 1 aromatic carbocycles. The van der Waals surface area contributed by atoms with Crippen molar-refractivity contribution in [2.75, 3.05) is 16.8 Å². The number of nitrogens with one attached hydrogen (secondary N) is 2. The highest BCUT2D eigenvalue weighted by molar-refractivity contribution is 6.06. The third-order valence-electron chi connectivity index (χ3n) is 7.78. The maximum atomic E-state index is 13.6. The molecule has 1 saturated heterocycles. The number of hydrogen-bond donors (Lipinski definition) is 3. The number of nitrogens with zero attached hydrogens (tertiary/aromatic N) is 4. The molecule has 1 amide bonds. The van der Waals surface area contributed by atoms with Crippen molar-refractivity contribution in [3.05, 3.63) is 71.9 Å². The van der Waals surface area contributed by atoms with Crippen LogP contribution in [0.25, 0.3) is 16.9 Å². The van der Waals surface area contributed by atoms with E-state index in [9.17, 15) is 14.3 Å². The summed E-state index contributed by atoms with van der Waals surface area (Å²) in [6.07, 6.45) is 9.08. The Morgan fingerprint density at radius 3 is 2.81 bits per heavy atom. The number of benzene rings is 1. The van der Waals surface area contributed by atoms with Crippen molar-refractivity contribution in [3.63, 3.8) is 0 Å². The first-order chi connectivity index (χ1) is 17.5. The number of aromatic nitrogens is 3. The minimum Gasteiger partial charge on any atom is -0.391 e. The summed E-state index contributed by atoms with van der Waals surface area (Å²) in [5, 5.41) is 16.4. The number of fused-ring (bicyclic) bond motifs is 2. The molecule has 5 heterocycles. The van der Waals surface area contributed by atoms with Crippen molar-refractivity contribution < 1.29 is 14.3 Å². The van der Waals surface area contributed by atoms with E-state index in [0.29, 0.717) is 35.8 Å². The van der Waals surface area contributed by atoms with Crippen LogP contribution in [0.5, 0.6) is 0 Å². The Bertz CT molecular complexity index is 1510. The van der Waals surface area contributed by atoms with Crippen LogP contribution < -0.4 is 15.5 Å². The first kappa shape index (κ1) is 21.3. The van der Waals surface area contributed by atoms with Crippen LogP contribution in [0.3, 0.4) is 0 Å². The van der Waals surface area contributed by atoms with Gasteiger partial charge in [-0.05, 0) is 55.5 Å². The fourth-order valence-electron chi connectivity index (χ4n) is 5.71. The molecule has 3 aliphatic rings. The Morgan fingerprint density at radius 2 is 2.00 bits per heavy atom. The molecule has 8 nitrogen and oxygen atoms in total. The molecule has 0 radical (unpaired) electrons. The summed E-state index contributed by atoms with van der Waals surface area (Å²) in [5.74, 6) is 0.147. The van der Waals surface area contributed by atoms with Gasteiger partial charge >= 0.3 is 0 Å². The number of amides is 1. The lowest BCUT2D eigenvalue weighted by Gasteiger charge is -2.40. The number of imidazole rings is 1. The van der Waals surface area contributed by atoms with Crippen molar-refractivity contribution in [1.82, 2.24) is 19.7 Å². The molecule has 0 bridgehead atoms. The van der Waals surface area contributed by atoms with Crippen molar-refractivity contribution in [3.8, 4) is 11.3 Å². The molecule has 1 spiro atoms. The third-order valence-corrected chi connectivity index (χ3v) is 7.78. The number of carbonyl (C=O) groups is 1. The number of pyridine rings is 2. The van der Waals surface area contributed by atoms with Crippen LogP contribution in [0.1, 0.15) is 41.6 Å². The molecule has 3 aromatic heterocycles. The van der Waals surface area contributed by atoms with Gasteiger partial charge in [-0.3, -0.25) is 9.20 Å². The summed E-state index contributed by atoms with van der Waals surface area (Å²) >= 11 is 0. The number of rotatable bonds is 4. The lowest BCUT2D eigenvalue weighted by Crippen LogP contribution is -2.47. The Balaban J connectivity index is 1.20. The summed E-state index contributed by atoms with van der Waals surface area (Å²) < 4.78 is 15.5. The van der Waals surface area contributed by atoms with Gasteiger partial charge in [0, 0.05) is 36.5 Å². The van der Waals surface area contributed by atoms with Crippen molar-refractivity contribution in [1.29, 1.82) is 0 Å². The maximum absolute atomic E-state index is 13.6. The Hall–Kier alpha value is -3.98. The second kappa shape index (κ2) is 7.76. The molecule has 2 fully saturated rings. The number of aliphatic hydroxyl groups excluding tert-OH is 1. The SMILES string of the molecule is O=C1NCc2c(-c3cnc4cc(F)ccn34)ccc(Nc3ccc(N4CC(O)CCC45CC5)cn3)c21. The summed E-state index contributed by atoms with van der Waals surface area (Å²) in [6, 6.07) is 10.5. The quantitative estimate of drug-likeness (QED) is 0.405. The molecular formula is C27H25FN6O2. The highest BCUT2D eigenvalue weighted by atomic mass is 19.1. The molecule has 182 valence electrons. The molecule has 2 aliphatic heterocycles. The van der Waals surface area contributed by atoms with Gasteiger partial charge in [0.2, 0.25) is 0 Å². The predicted octanol–water partition coefficient (Wildman–Crippen LogP) is 4.02. The first-order valence-corrected chi connectivity index (χ1v) is 12.3. The Kier molecular flexibility index (Phi) is 4.59. The molecule has 4 aromatic rings. The number of halogens is 1. The van der Waals surface area contributed by atoms with E-state index in [-0.39, 0.29) is 23.4 Å². The van der Waals surface area contributed by atoms with Gasteiger partial charge in [-0.1, -0.05) is 6.07 Å². The fourth-order valence-corrected chi connectivity index (χ4v) is 5.71. The fraction of sp³-hybridized carbons (Fsp3) is 0.296. The van der Waals surface area contributed by atoms with Gasteiger partial charge in [0.05, 0.1) is 41.1 Å². The van der Waals surface area contributed by atoms with Gasteiger partial charge in [-0.2, -0.15) is 0 Å². The van der Waals surface area contributed by atoms with Crippen molar-refractivity contribution in [2.45, 2.75) is 43.9 Å². The molecule has 1 atom stereocenters. The number of aliphatic hydroxyl groups is 1. The smallest absolute Gasteiger partial charge is 0.254 e. The topological polar surface area (TPSA) is 94.8 Å². The average Bonchev–Trinajstić information content (AvgIpc) is 3.36. The van der Waals surface area contributed by atoms with E-state index < -0.39 is 0 Å².